The standard InChI is InChI=1S/C14H13NO5S2/c1-18-9-5-3-4-8(12(9)20-7-11(16)19-2)6-10-13(17)15-14(21)22-10/h3-6H,7H2,1-2H3,(H,15,17,21)/b10-6-. The van der Waals surface area contributed by atoms with E-state index in [0.29, 0.717) is 26.3 Å². The molecule has 22 heavy (non-hydrogen) atoms. The predicted molar refractivity (Wildman–Crippen MR) is 86.8 cm³/mol. The van der Waals surface area contributed by atoms with Crippen LogP contribution in [0.25, 0.3) is 6.08 Å². The van der Waals surface area contributed by atoms with Gasteiger partial charge in [-0.05, 0) is 12.1 Å². The van der Waals surface area contributed by atoms with Crippen LogP contribution in [-0.2, 0) is 14.3 Å². The molecule has 1 amide bonds. The summed E-state index contributed by atoms with van der Waals surface area (Å²) >= 11 is 6.11. The highest BCUT2D eigenvalue weighted by Crippen LogP contribution is 2.35. The van der Waals surface area contributed by atoms with Gasteiger partial charge in [-0.25, -0.2) is 4.79 Å². The molecular formula is C14H13NO5S2. The average molecular weight is 339 g/mol. The Bertz CT molecular complexity index is 657. The van der Waals surface area contributed by atoms with Crippen LogP contribution in [0.2, 0.25) is 0 Å². The number of ether oxygens (including phenoxy) is 3. The van der Waals surface area contributed by atoms with Crippen molar-refractivity contribution in [2.45, 2.75) is 0 Å². The zero-order valence-electron chi connectivity index (χ0n) is 11.9. The summed E-state index contributed by atoms with van der Waals surface area (Å²) in [5, 5.41) is 2.54. The second kappa shape index (κ2) is 7.28. The summed E-state index contributed by atoms with van der Waals surface area (Å²) in [4.78, 5) is 23.4. The highest BCUT2D eigenvalue weighted by molar-refractivity contribution is 8.26. The molecule has 1 N–H and O–H groups in total. The third-order valence-electron chi connectivity index (χ3n) is 2.72. The van der Waals surface area contributed by atoms with Crippen molar-refractivity contribution in [2.75, 3.05) is 20.8 Å². The van der Waals surface area contributed by atoms with E-state index in [0.717, 1.165) is 11.8 Å². The van der Waals surface area contributed by atoms with Gasteiger partial charge < -0.3 is 19.5 Å². The van der Waals surface area contributed by atoms with Crippen molar-refractivity contribution in [3.63, 3.8) is 0 Å². The molecule has 0 unspecified atom stereocenters. The van der Waals surface area contributed by atoms with Crippen LogP contribution < -0.4 is 14.8 Å². The van der Waals surface area contributed by atoms with Gasteiger partial charge in [-0.1, -0.05) is 36.1 Å². The van der Waals surface area contributed by atoms with Crippen molar-refractivity contribution < 1.29 is 23.8 Å². The van der Waals surface area contributed by atoms with E-state index >= 15 is 0 Å². The van der Waals surface area contributed by atoms with Gasteiger partial charge in [0.2, 0.25) is 0 Å². The largest absolute Gasteiger partial charge is 0.493 e. The molecule has 0 aromatic heterocycles. The normalized spacial score (nSPS) is 15.6. The van der Waals surface area contributed by atoms with Gasteiger partial charge >= 0.3 is 5.97 Å². The lowest BCUT2D eigenvalue weighted by molar-refractivity contribution is -0.142. The van der Waals surface area contributed by atoms with Crippen LogP contribution in [0.3, 0.4) is 0 Å². The fraction of sp³-hybridized carbons (Fsp3) is 0.214. The second-order valence-corrected chi connectivity index (χ2v) is 5.81. The minimum absolute atomic E-state index is 0.259. The Morgan fingerprint density at radius 2 is 2.18 bits per heavy atom. The van der Waals surface area contributed by atoms with Crippen LogP contribution in [0.4, 0.5) is 0 Å². The van der Waals surface area contributed by atoms with Crippen LogP contribution in [0.1, 0.15) is 5.56 Å². The number of para-hydroxylation sites is 1. The van der Waals surface area contributed by atoms with Crippen molar-refractivity contribution in [3.8, 4) is 11.5 Å². The number of hydrogen-bond acceptors (Lipinski definition) is 7. The number of hydrogen-bond donors (Lipinski definition) is 1. The first-order chi connectivity index (χ1) is 10.5. The second-order valence-electron chi connectivity index (χ2n) is 4.10. The highest BCUT2D eigenvalue weighted by Gasteiger charge is 2.23. The van der Waals surface area contributed by atoms with Gasteiger partial charge in [-0.15, -0.1) is 0 Å². The van der Waals surface area contributed by atoms with Crippen LogP contribution in [0.5, 0.6) is 11.5 Å². The lowest BCUT2D eigenvalue weighted by Gasteiger charge is -2.12. The average Bonchev–Trinajstić information content (AvgIpc) is 2.82. The monoisotopic (exact) mass is 339 g/mol. The first-order valence-electron chi connectivity index (χ1n) is 6.16. The Hall–Kier alpha value is -2.06. The van der Waals surface area contributed by atoms with Crippen molar-refractivity contribution in [3.05, 3.63) is 28.7 Å². The molecule has 2 rings (SSSR count). The first-order valence-corrected chi connectivity index (χ1v) is 7.39. The smallest absolute Gasteiger partial charge is 0.343 e. The predicted octanol–water partition coefficient (Wildman–Crippen LogP) is 1.74. The van der Waals surface area contributed by atoms with Gasteiger partial charge in [0.15, 0.2) is 18.1 Å². The summed E-state index contributed by atoms with van der Waals surface area (Å²) in [5.41, 5.74) is 0.602. The summed E-state index contributed by atoms with van der Waals surface area (Å²) in [6.45, 7) is -0.259. The van der Waals surface area contributed by atoms with Gasteiger partial charge in [0, 0.05) is 5.56 Å². The first kappa shape index (κ1) is 16.3. The van der Waals surface area contributed by atoms with Crippen molar-refractivity contribution in [2.24, 2.45) is 0 Å². The van der Waals surface area contributed by atoms with E-state index in [2.05, 4.69) is 10.1 Å². The number of carbonyl (C=O) groups excluding carboxylic acids is 2. The Balaban J connectivity index is 2.34. The summed E-state index contributed by atoms with van der Waals surface area (Å²) in [5.74, 6) is 0.0220. The summed E-state index contributed by atoms with van der Waals surface area (Å²) < 4.78 is 15.6. The Morgan fingerprint density at radius 1 is 1.41 bits per heavy atom. The van der Waals surface area contributed by atoms with Gasteiger partial charge in [-0.3, -0.25) is 4.79 Å². The SMILES string of the molecule is COC(=O)COc1c(/C=C2\SC(=S)NC2=O)cccc1OC. The number of thioether (sulfide) groups is 1. The molecule has 1 aromatic rings. The maximum absolute atomic E-state index is 11.7. The van der Waals surface area contributed by atoms with E-state index < -0.39 is 5.97 Å². The van der Waals surface area contributed by atoms with Gasteiger partial charge in [-0.2, -0.15) is 0 Å². The molecule has 0 saturated carbocycles. The zero-order chi connectivity index (χ0) is 16.1. The summed E-state index contributed by atoms with van der Waals surface area (Å²) in [6, 6.07) is 5.20. The molecule has 1 saturated heterocycles. The molecule has 0 atom stereocenters. The summed E-state index contributed by atoms with van der Waals surface area (Å²) in [6.07, 6.45) is 1.63. The fourth-order valence-electron chi connectivity index (χ4n) is 1.71. The number of nitrogens with one attached hydrogen (secondary N) is 1. The van der Waals surface area contributed by atoms with Gasteiger partial charge in [0.1, 0.15) is 4.32 Å². The lowest BCUT2D eigenvalue weighted by Crippen LogP contribution is -2.17. The third kappa shape index (κ3) is 3.77. The van der Waals surface area contributed by atoms with Crippen LogP contribution >= 0.6 is 24.0 Å². The van der Waals surface area contributed by atoms with Gasteiger partial charge in [0.25, 0.3) is 5.91 Å². The fourth-order valence-corrected chi connectivity index (χ4v) is 2.75. The molecule has 0 spiro atoms. The molecule has 0 bridgehead atoms. The third-order valence-corrected chi connectivity index (χ3v) is 3.88. The lowest BCUT2D eigenvalue weighted by atomic mass is 10.1. The Morgan fingerprint density at radius 3 is 2.77 bits per heavy atom. The van der Waals surface area contributed by atoms with Crippen LogP contribution in [0, 0.1) is 0 Å². The van der Waals surface area contributed by atoms with Crippen molar-refractivity contribution in [1.82, 2.24) is 5.32 Å². The Kier molecular flexibility index (Phi) is 5.40. The molecule has 0 radical (unpaired) electrons. The molecule has 6 nitrogen and oxygen atoms in total. The molecule has 116 valence electrons. The van der Waals surface area contributed by atoms with E-state index in [-0.39, 0.29) is 12.5 Å². The molecule has 1 aliphatic rings. The molecule has 8 heteroatoms. The zero-order valence-corrected chi connectivity index (χ0v) is 13.5. The minimum Gasteiger partial charge on any atom is -0.493 e. The van der Waals surface area contributed by atoms with E-state index in [1.165, 1.54) is 14.2 Å². The molecule has 1 aliphatic heterocycles. The molecule has 1 fully saturated rings. The molecule has 0 aliphatic carbocycles. The van der Waals surface area contributed by atoms with Crippen molar-refractivity contribution in [1.29, 1.82) is 0 Å². The quantitative estimate of drug-likeness (QED) is 0.497. The van der Waals surface area contributed by atoms with Crippen LogP contribution in [0.15, 0.2) is 23.1 Å². The maximum atomic E-state index is 11.7. The number of methoxy groups -OCH3 is 2. The van der Waals surface area contributed by atoms with E-state index in [1.54, 1.807) is 24.3 Å². The molecule has 1 heterocycles. The Labute approximate surface area is 136 Å². The van der Waals surface area contributed by atoms with E-state index in [4.69, 9.17) is 21.7 Å². The number of esters is 1. The number of rotatable bonds is 5. The van der Waals surface area contributed by atoms with E-state index in [1.807, 2.05) is 0 Å². The number of amides is 1. The molecular weight excluding hydrogens is 326 g/mol. The van der Waals surface area contributed by atoms with Gasteiger partial charge in [0.05, 0.1) is 19.1 Å². The van der Waals surface area contributed by atoms with E-state index in [9.17, 15) is 9.59 Å². The number of benzene rings is 1. The highest BCUT2D eigenvalue weighted by atomic mass is 32.2. The van der Waals surface area contributed by atoms with Crippen LogP contribution in [-0.4, -0.2) is 37.0 Å². The summed E-state index contributed by atoms with van der Waals surface area (Å²) in [7, 11) is 2.76. The minimum atomic E-state index is -0.515. The maximum Gasteiger partial charge on any atom is 0.343 e. The molecule has 1 aromatic carbocycles. The van der Waals surface area contributed by atoms with Crippen molar-refractivity contribution >= 4 is 46.3 Å². The topological polar surface area (TPSA) is 73.9 Å². The number of carbonyl (C=O) groups is 2. The number of thiocarbonyl (C=S) groups is 1.